The predicted octanol–water partition coefficient (Wildman–Crippen LogP) is 5.96. The van der Waals surface area contributed by atoms with Crippen LogP contribution < -0.4 is 14.5 Å². The Morgan fingerprint density at radius 3 is 2.35 bits per heavy atom. The van der Waals surface area contributed by atoms with Crippen LogP contribution >= 0.6 is 11.6 Å². The summed E-state index contributed by atoms with van der Waals surface area (Å²) in [5.74, 6) is -2.28. The van der Waals surface area contributed by atoms with Crippen LogP contribution in [0.25, 0.3) is 0 Å². The molecule has 3 saturated heterocycles. The molecular weight excluding hydrogens is 630 g/mol. The number of amides is 3. The van der Waals surface area contributed by atoms with E-state index >= 15 is 4.79 Å². The van der Waals surface area contributed by atoms with Crippen molar-refractivity contribution in [1.29, 1.82) is 0 Å². The fourth-order valence-electron chi connectivity index (χ4n) is 8.23. The van der Waals surface area contributed by atoms with Crippen LogP contribution in [0, 0.1) is 24.7 Å². The van der Waals surface area contributed by atoms with Gasteiger partial charge in [0.15, 0.2) is 0 Å². The van der Waals surface area contributed by atoms with E-state index in [-0.39, 0.29) is 43.3 Å². The summed E-state index contributed by atoms with van der Waals surface area (Å²) in [6, 6.07) is 10.9. The van der Waals surface area contributed by atoms with Crippen LogP contribution in [-0.4, -0.2) is 77.3 Å². The topological polar surface area (TPSA) is 99.6 Å². The highest BCUT2D eigenvalue weighted by Gasteiger charge is 2.79. The van der Waals surface area contributed by atoms with Gasteiger partial charge in [0.1, 0.15) is 17.4 Å². The Labute approximate surface area is 289 Å². The van der Waals surface area contributed by atoms with E-state index in [0.717, 1.165) is 5.56 Å². The molecule has 48 heavy (non-hydrogen) atoms. The Morgan fingerprint density at radius 1 is 1.10 bits per heavy atom. The maximum atomic E-state index is 15.1. The lowest BCUT2D eigenvalue weighted by molar-refractivity contribution is -0.149. The van der Waals surface area contributed by atoms with Gasteiger partial charge in [0.05, 0.1) is 47.4 Å². The molecule has 5 rings (SSSR count). The average molecular weight is 678 g/mol. The van der Waals surface area contributed by atoms with Crippen LogP contribution in [-0.2, 0) is 19.1 Å². The van der Waals surface area contributed by atoms with E-state index in [1.54, 1.807) is 32.9 Å². The number of carbonyl (C=O) groups excluding carboxylic acids is 3. The Bertz CT molecular complexity index is 1540. The lowest BCUT2D eigenvalue weighted by atomic mass is 9.66. The highest BCUT2D eigenvalue weighted by atomic mass is 35.5. The molecule has 2 aromatic carbocycles. The minimum Gasteiger partial charge on any atom is -0.494 e. The van der Waals surface area contributed by atoms with E-state index < -0.39 is 35.1 Å². The van der Waals surface area contributed by atoms with Gasteiger partial charge >= 0.3 is 0 Å². The van der Waals surface area contributed by atoms with Crippen LogP contribution in [0.4, 0.5) is 11.4 Å². The smallest absolute Gasteiger partial charge is 0.253 e. The predicted molar refractivity (Wildman–Crippen MR) is 188 cm³/mol. The van der Waals surface area contributed by atoms with Crippen LogP contribution in [0.3, 0.4) is 0 Å². The number of aliphatic hydroxyl groups is 1. The number of rotatable bonds is 14. The van der Waals surface area contributed by atoms with Gasteiger partial charge in [0.2, 0.25) is 11.8 Å². The fraction of sp³-hybridized carbons (Fsp3) is 0.500. The number of halogens is 1. The Morgan fingerprint density at radius 2 is 1.77 bits per heavy atom. The second-order valence-electron chi connectivity index (χ2n) is 13.4. The first kappa shape index (κ1) is 35.6. The van der Waals surface area contributed by atoms with Gasteiger partial charge in [-0.1, -0.05) is 56.2 Å². The zero-order chi connectivity index (χ0) is 35.0. The number of likely N-dealkylation sites (tertiary alicyclic amines) is 1. The number of hydrogen-bond acceptors (Lipinski definition) is 6. The molecule has 258 valence electrons. The molecule has 0 saturated carbocycles. The third-order valence-electron chi connectivity index (χ3n) is 10.6. The van der Waals surface area contributed by atoms with Gasteiger partial charge < -0.3 is 29.3 Å². The first-order chi connectivity index (χ1) is 22.9. The zero-order valence-corrected chi connectivity index (χ0v) is 29.4. The van der Waals surface area contributed by atoms with Crippen molar-refractivity contribution in [3.63, 3.8) is 0 Å². The molecule has 2 unspecified atom stereocenters. The standard InChI is InChI=1S/C38H48ClN3O6/c1-8-21-40(26-15-17-27(18-16-26)47-11-4)34(44)30-31-35(45)42(29(23-43)24(5)10-3)33(38(31)20-19-37(30,7)48-38)36(46)41(22-9-2)32-25(6)13-12-14-28(32)39/h8-9,12-18,24,29-31,33,43H,1-2,10-11,19-23H2,3-7H3/t24-,29-,30-,31-,33?,37+,38?/m0/s1. The SMILES string of the molecule is C=CCN(C(=O)[C@@H]1[C@H]2C(=O)N([C@@H](CO)[C@@H](C)CC)C(C(=O)N(CC=C)c3c(C)cccc3Cl)C23CC[C@@]1(C)O3)c1ccc(OCC)cc1. The van der Waals surface area contributed by atoms with Gasteiger partial charge in [-0.3, -0.25) is 14.4 Å². The average Bonchev–Trinajstić information content (AvgIpc) is 3.64. The number of anilines is 2. The molecule has 1 N–H and O–H groups in total. The lowest BCUT2D eigenvalue weighted by Crippen LogP contribution is -2.60. The molecule has 7 atom stereocenters. The second kappa shape index (κ2) is 14.1. The number of nitrogens with zero attached hydrogens (tertiary/aromatic N) is 3. The van der Waals surface area contributed by atoms with Gasteiger partial charge in [-0.05, 0) is 75.4 Å². The second-order valence-corrected chi connectivity index (χ2v) is 13.8. The summed E-state index contributed by atoms with van der Waals surface area (Å²) in [7, 11) is 0. The zero-order valence-electron chi connectivity index (χ0n) is 28.7. The molecule has 0 aliphatic carbocycles. The largest absolute Gasteiger partial charge is 0.494 e. The van der Waals surface area contributed by atoms with Gasteiger partial charge in [-0.2, -0.15) is 0 Å². The van der Waals surface area contributed by atoms with Crippen molar-refractivity contribution in [3.05, 3.63) is 78.4 Å². The number of aliphatic hydroxyl groups excluding tert-OH is 1. The van der Waals surface area contributed by atoms with E-state index in [1.165, 1.54) is 0 Å². The number of carbonyl (C=O) groups is 3. The summed E-state index contributed by atoms with van der Waals surface area (Å²) in [5.41, 5.74) is -0.341. The van der Waals surface area contributed by atoms with Crippen molar-refractivity contribution in [3.8, 4) is 5.75 Å². The molecule has 10 heteroatoms. The first-order valence-electron chi connectivity index (χ1n) is 16.9. The maximum Gasteiger partial charge on any atom is 0.253 e. The molecule has 3 amide bonds. The van der Waals surface area contributed by atoms with Crippen LogP contribution in [0.2, 0.25) is 5.02 Å². The highest BCUT2D eigenvalue weighted by Crippen LogP contribution is 2.64. The quantitative estimate of drug-likeness (QED) is 0.248. The number of ether oxygens (including phenoxy) is 2. The first-order valence-corrected chi connectivity index (χ1v) is 17.3. The van der Waals surface area contributed by atoms with Crippen molar-refractivity contribution in [2.75, 3.05) is 36.1 Å². The number of benzene rings is 2. The van der Waals surface area contributed by atoms with E-state index in [9.17, 15) is 14.7 Å². The number of hydrogen-bond donors (Lipinski definition) is 1. The molecule has 2 aromatic rings. The van der Waals surface area contributed by atoms with Crippen LogP contribution in [0.15, 0.2) is 67.8 Å². The molecule has 1 spiro atoms. The molecule has 9 nitrogen and oxygen atoms in total. The van der Waals surface area contributed by atoms with Gasteiger partial charge in [0.25, 0.3) is 5.91 Å². The Kier molecular flexibility index (Phi) is 10.4. The molecular formula is C38H48ClN3O6. The van der Waals surface area contributed by atoms with Crippen molar-refractivity contribution in [1.82, 2.24) is 4.90 Å². The summed E-state index contributed by atoms with van der Waals surface area (Å²) < 4.78 is 12.6. The van der Waals surface area contributed by atoms with E-state index in [0.29, 0.717) is 48.0 Å². The monoisotopic (exact) mass is 677 g/mol. The highest BCUT2D eigenvalue weighted by molar-refractivity contribution is 6.34. The summed E-state index contributed by atoms with van der Waals surface area (Å²) in [5, 5.41) is 11.2. The third kappa shape index (κ3) is 5.73. The Balaban J connectivity index is 1.65. The van der Waals surface area contributed by atoms with Crippen molar-refractivity contribution < 1.29 is 29.0 Å². The van der Waals surface area contributed by atoms with Crippen molar-refractivity contribution in [2.45, 2.75) is 77.2 Å². The number of fused-ring (bicyclic) bond motifs is 1. The van der Waals surface area contributed by atoms with E-state index in [1.807, 2.05) is 71.0 Å². The maximum absolute atomic E-state index is 15.1. The van der Waals surface area contributed by atoms with Crippen molar-refractivity contribution >= 4 is 40.7 Å². The van der Waals surface area contributed by atoms with Crippen LogP contribution in [0.1, 0.15) is 52.5 Å². The minimum absolute atomic E-state index is 0.137. The molecule has 0 radical (unpaired) electrons. The molecule has 3 heterocycles. The molecule has 3 aliphatic heterocycles. The number of para-hydroxylation sites is 1. The summed E-state index contributed by atoms with van der Waals surface area (Å²) >= 11 is 6.72. The molecule has 2 bridgehead atoms. The fourth-order valence-corrected chi connectivity index (χ4v) is 8.56. The van der Waals surface area contributed by atoms with Gasteiger partial charge in [-0.15, -0.1) is 13.2 Å². The minimum atomic E-state index is -1.29. The summed E-state index contributed by atoms with van der Waals surface area (Å²) in [6.07, 6.45) is 4.83. The lowest BCUT2D eigenvalue weighted by Gasteiger charge is -2.41. The molecule has 3 fully saturated rings. The Hall–Kier alpha value is -3.66. The van der Waals surface area contributed by atoms with Gasteiger partial charge in [0, 0.05) is 18.8 Å². The number of aryl methyl sites for hydroxylation is 1. The van der Waals surface area contributed by atoms with E-state index in [4.69, 9.17) is 21.1 Å². The van der Waals surface area contributed by atoms with Gasteiger partial charge in [-0.25, -0.2) is 0 Å². The molecule has 3 aliphatic rings. The normalized spacial score (nSPS) is 26.9. The van der Waals surface area contributed by atoms with Crippen LogP contribution in [0.5, 0.6) is 5.75 Å². The van der Waals surface area contributed by atoms with E-state index in [2.05, 4.69) is 13.2 Å². The summed E-state index contributed by atoms with van der Waals surface area (Å²) in [4.78, 5) is 49.6. The third-order valence-corrected chi connectivity index (χ3v) is 10.9. The summed E-state index contributed by atoms with van der Waals surface area (Å²) in [6.45, 7) is 17.9. The van der Waals surface area contributed by atoms with Crippen molar-refractivity contribution in [2.24, 2.45) is 17.8 Å². The molecule has 0 aromatic heterocycles.